The number of benzene rings is 1. The fourth-order valence-electron chi connectivity index (χ4n) is 1.72. The van der Waals surface area contributed by atoms with Crippen molar-refractivity contribution >= 4 is 17.6 Å². The van der Waals surface area contributed by atoms with Crippen molar-refractivity contribution < 1.29 is 19.1 Å². The van der Waals surface area contributed by atoms with Gasteiger partial charge < -0.3 is 20.5 Å². The van der Waals surface area contributed by atoms with Gasteiger partial charge in [-0.1, -0.05) is 6.07 Å². The third-order valence-electron chi connectivity index (χ3n) is 2.64. The first-order valence-electron chi connectivity index (χ1n) is 6.46. The average Bonchev–Trinajstić information content (AvgIpc) is 2.43. The van der Waals surface area contributed by atoms with Crippen molar-refractivity contribution in [3.63, 3.8) is 0 Å². The van der Waals surface area contributed by atoms with E-state index in [4.69, 9.17) is 15.2 Å². The summed E-state index contributed by atoms with van der Waals surface area (Å²) < 4.78 is 9.91. The van der Waals surface area contributed by atoms with Crippen molar-refractivity contribution in [1.82, 2.24) is 5.32 Å². The van der Waals surface area contributed by atoms with Crippen LogP contribution >= 0.6 is 0 Å². The van der Waals surface area contributed by atoms with Crippen molar-refractivity contribution in [2.45, 2.75) is 19.8 Å². The molecule has 0 unspecified atom stereocenters. The Morgan fingerprint density at radius 3 is 2.75 bits per heavy atom. The second kappa shape index (κ2) is 8.04. The molecule has 110 valence electrons. The largest absolute Gasteiger partial charge is 0.494 e. The van der Waals surface area contributed by atoms with E-state index in [9.17, 15) is 9.59 Å². The minimum atomic E-state index is -0.280. The molecule has 0 aliphatic carbocycles. The first-order valence-corrected chi connectivity index (χ1v) is 6.46. The molecule has 0 fully saturated rings. The molecule has 1 aromatic rings. The summed E-state index contributed by atoms with van der Waals surface area (Å²) in [6.07, 6.45) is 0.803. The zero-order valence-corrected chi connectivity index (χ0v) is 11.8. The number of hydrogen-bond acceptors (Lipinski definition) is 5. The summed E-state index contributed by atoms with van der Waals surface area (Å²) in [5, 5.41) is 2.72. The summed E-state index contributed by atoms with van der Waals surface area (Å²) in [5.74, 6) is -0.184. The molecule has 1 aromatic carbocycles. The van der Waals surface area contributed by atoms with Crippen molar-refractivity contribution in [2.24, 2.45) is 0 Å². The van der Waals surface area contributed by atoms with E-state index in [1.54, 1.807) is 25.1 Å². The summed E-state index contributed by atoms with van der Waals surface area (Å²) in [4.78, 5) is 23.1. The van der Waals surface area contributed by atoms with Crippen LogP contribution < -0.4 is 15.8 Å². The molecule has 0 spiro atoms. The molecule has 0 bridgehead atoms. The molecular formula is C14H20N2O4. The molecule has 0 atom stereocenters. The Hall–Kier alpha value is -2.24. The molecule has 0 radical (unpaired) electrons. The highest BCUT2D eigenvalue weighted by Gasteiger charge is 2.13. The molecule has 0 aliphatic heterocycles. The molecule has 0 aromatic heterocycles. The second-order valence-corrected chi connectivity index (χ2v) is 4.09. The Balaban J connectivity index is 2.48. The maximum absolute atomic E-state index is 12.0. The quantitative estimate of drug-likeness (QED) is 0.447. The first kappa shape index (κ1) is 15.8. The lowest BCUT2D eigenvalue weighted by Crippen LogP contribution is -2.25. The molecule has 1 amide bonds. The van der Waals surface area contributed by atoms with Gasteiger partial charge in [0.15, 0.2) is 5.75 Å². The average molecular weight is 280 g/mol. The van der Waals surface area contributed by atoms with E-state index < -0.39 is 0 Å². The topological polar surface area (TPSA) is 90.7 Å². The molecule has 0 saturated carbocycles. The maximum Gasteiger partial charge on any atom is 0.305 e. The van der Waals surface area contributed by atoms with Crippen LogP contribution in [0.4, 0.5) is 5.69 Å². The number of carbonyl (C=O) groups excluding carboxylic acids is 2. The minimum Gasteiger partial charge on any atom is -0.494 e. The Labute approximate surface area is 118 Å². The number of amides is 1. The van der Waals surface area contributed by atoms with Crippen molar-refractivity contribution in [3.8, 4) is 5.75 Å². The van der Waals surface area contributed by atoms with Crippen molar-refractivity contribution in [3.05, 3.63) is 23.8 Å². The van der Waals surface area contributed by atoms with Gasteiger partial charge in [-0.3, -0.25) is 9.59 Å². The van der Waals surface area contributed by atoms with E-state index >= 15 is 0 Å². The van der Waals surface area contributed by atoms with E-state index in [1.165, 1.54) is 7.11 Å². The Kier molecular flexibility index (Phi) is 6.36. The molecule has 20 heavy (non-hydrogen) atoms. The van der Waals surface area contributed by atoms with Gasteiger partial charge in [-0.15, -0.1) is 0 Å². The summed E-state index contributed by atoms with van der Waals surface area (Å²) in [5.41, 5.74) is 6.52. The zero-order valence-electron chi connectivity index (χ0n) is 11.8. The van der Waals surface area contributed by atoms with Gasteiger partial charge in [0.25, 0.3) is 5.91 Å². The highest BCUT2D eigenvalue weighted by atomic mass is 16.5. The minimum absolute atomic E-state index is 0.261. The number of carbonyl (C=O) groups is 2. The van der Waals surface area contributed by atoms with Gasteiger partial charge in [0.05, 0.1) is 25.0 Å². The van der Waals surface area contributed by atoms with E-state index in [-0.39, 0.29) is 18.3 Å². The number of methoxy groups -OCH3 is 1. The Morgan fingerprint density at radius 2 is 2.10 bits per heavy atom. The van der Waals surface area contributed by atoms with Crippen molar-refractivity contribution in [1.29, 1.82) is 0 Å². The van der Waals surface area contributed by atoms with Gasteiger partial charge in [-0.25, -0.2) is 0 Å². The summed E-state index contributed by atoms with van der Waals surface area (Å²) in [6, 6.07) is 4.98. The van der Waals surface area contributed by atoms with Crippen LogP contribution in [0.5, 0.6) is 5.75 Å². The van der Waals surface area contributed by atoms with Gasteiger partial charge in [-0.2, -0.15) is 0 Å². The Bertz CT molecular complexity index is 474. The molecule has 1 rings (SSSR count). The van der Waals surface area contributed by atoms with Gasteiger partial charge in [0.2, 0.25) is 0 Å². The lowest BCUT2D eigenvalue weighted by atomic mass is 10.1. The number of nitrogen functional groups attached to an aromatic ring is 1. The van der Waals surface area contributed by atoms with Gasteiger partial charge in [0.1, 0.15) is 0 Å². The van der Waals surface area contributed by atoms with Crippen LogP contribution in [0.1, 0.15) is 30.1 Å². The lowest BCUT2D eigenvalue weighted by molar-refractivity contribution is -0.143. The molecule has 6 nitrogen and oxygen atoms in total. The van der Waals surface area contributed by atoms with Crippen LogP contribution in [0.25, 0.3) is 0 Å². The van der Waals surface area contributed by atoms with Crippen LogP contribution in [0, 0.1) is 0 Å². The fourth-order valence-corrected chi connectivity index (χ4v) is 1.72. The van der Waals surface area contributed by atoms with Gasteiger partial charge in [0, 0.05) is 13.0 Å². The number of hydrogen-bond donors (Lipinski definition) is 2. The summed E-state index contributed by atoms with van der Waals surface area (Å²) in [6.45, 7) is 2.51. The molecule has 0 saturated heterocycles. The highest BCUT2D eigenvalue weighted by Crippen LogP contribution is 2.25. The van der Waals surface area contributed by atoms with E-state index in [0.717, 1.165) is 0 Å². The zero-order chi connectivity index (χ0) is 15.0. The number of ether oxygens (including phenoxy) is 2. The van der Waals surface area contributed by atoms with Crippen LogP contribution in [0.2, 0.25) is 0 Å². The monoisotopic (exact) mass is 280 g/mol. The number of nitrogens with one attached hydrogen (secondary N) is 1. The number of anilines is 1. The number of rotatable bonds is 7. The molecular weight excluding hydrogens is 260 g/mol. The number of esters is 1. The molecule has 6 heteroatoms. The van der Waals surface area contributed by atoms with Gasteiger partial charge in [-0.05, 0) is 25.5 Å². The smallest absolute Gasteiger partial charge is 0.305 e. The lowest BCUT2D eigenvalue weighted by Gasteiger charge is -2.11. The van der Waals surface area contributed by atoms with E-state index in [0.29, 0.717) is 36.6 Å². The summed E-state index contributed by atoms with van der Waals surface area (Å²) in [7, 11) is 1.46. The van der Waals surface area contributed by atoms with Crippen LogP contribution in [0.15, 0.2) is 18.2 Å². The van der Waals surface area contributed by atoms with E-state index in [2.05, 4.69) is 5.32 Å². The third kappa shape index (κ3) is 4.46. The SMILES string of the molecule is CCOC(=O)CCCNC(=O)c1cccc(N)c1OC. The standard InChI is InChI=1S/C14H20N2O4/c1-3-20-12(17)8-5-9-16-14(18)10-6-4-7-11(15)13(10)19-2/h4,6-7H,3,5,8-9,15H2,1-2H3,(H,16,18). The maximum atomic E-state index is 12.0. The molecule has 0 aliphatic rings. The first-order chi connectivity index (χ1) is 9.60. The van der Waals surface area contributed by atoms with E-state index in [1.807, 2.05) is 0 Å². The fraction of sp³-hybridized carbons (Fsp3) is 0.429. The number of para-hydroxylation sites is 1. The predicted molar refractivity (Wildman–Crippen MR) is 75.6 cm³/mol. The van der Waals surface area contributed by atoms with Crippen LogP contribution in [-0.2, 0) is 9.53 Å². The third-order valence-corrected chi connectivity index (χ3v) is 2.64. The number of nitrogens with two attached hydrogens (primary N) is 1. The van der Waals surface area contributed by atoms with Crippen molar-refractivity contribution in [2.75, 3.05) is 26.0 Å². The van der Waals surface area contributed by atoms with Gasteiger partial charge >= 0.3 is 5.97 Å². The predicted octanol–water partition coefficient (Wildman–Crippen LogP) is 1.35. The summed E-state index contributed by atoms with van der Waals surface area (Å²) >= 11 is 0. The van der Waals surface area contributed by atoms with Crippen LogP contribution in [0.3, 0.4) is 0 Å². The van der Waals surface area contributed by atoms with Crippen LogP contribution in [-0.4, -0.2) is 32.1 Å². The highest BCUT2D eigenvalue weighted by molar-refractivity contribution is 5.98. The molecule has 3 N–H and O–H groups in total. The normalized spacial score (nSPS) is 9.90. The molecule has 0 heterocycles. The Morgan fingerprint density at radius 1 is 1.35 bits per heavy atom. The second-order valence-electron chi connectivity index (χ2n) is 4.09.